The molecule has 4 nitrogen and oxygen atoms in total. The molecule has 2 heterocycles. The third-order valence-corrected chi connectivity index (χ3v) is 3.54. The quantitative estimate of drug-likeness (QED) is 0.776. The van der Waals surface area contributed by atoms with Crippen LogP contribution in [0.1, 0.15) is 48.0 Å². The van der Waals surface area contributed by atoms with Gasteiger partial charge in [-0.25, -0.2) is 0 Å². The van der Waals surface area contributed by atoms with Crippen molar-refractivity contribution in [3.63, 3.8) is 0 Å². The lowest BCUT2D eigenvalue weighted by atomic mass is 10.2. The van der Waals surface area contributed by atoms with Crippen LogP contribution in [0, 0.1) is 0 Å². The average molecular weight is 218 g/mol. The summed E-state index contributed by atoms with van der Waals surface area (Å²) in [5.74, 6) is -0.116. The minimum absolute atomic E-state index is 0.116. The normalized spacial score (nSPS) is 25.2. The fourth-order valence-electron chi connectivity index (χ4n) is 2.74. The lowest BCUT2D eigenvalue weighted by Gasteiger charge is -2.27. The van der Waals surface area contributed by atoms with E-state index in [1.807, 2.05) is 0 Å². The van der Waals surface area contributed by atoms with Crippen LogP contribution < -0.4 is 0 Å². The highest BCUT2D eigenvalue weighted by Gasteiger charge is 2.41. The molecular formula is C12H14N2O2. The van der Waals surface area contributed by atoms with E-state index in [1.54, 1.807) is 23.2 Å². The van der Waals surface area contributed by atoms with Gasteiger partial charge in [-0.1, -0.05) is 18.9 Å². The molecule has 1 fully saturated rings. The zero-order chi connectivity index (χ0) is 11.1. The number of amides is 1. The molecule has 84 valence electrons. The summed E-state index contributed by atoms with van der Waals surface area (Å²) in [6.45, 7) is 0. The Morgan fingerprint density at radius 2 is 2.12 bits per heavy atom. The summed E-state index contributed by atoms with van der Waals surface area (Å²) < 4.78 is 0. The molecule has 1 saturated carbocycles. The number of carbonyl (C=O) groups is 1. The van der Waals surface area contributed by atoms with Gasteiger partial charge >= 0.3 is 0 Å². The van der Waals surface area contributed by atoms with Gasteiger partial charge < -0.3 is 10.0 Å². The topological polar surface area (TPSA) is 53.4 Å². The van der Waals surface area contributed by atoms with Crippen LogP contribution in [0.4, 0.5) is 0 Å². The van der Waals surface area contributed by atoms with E-state index in [9.17, 15) is 9.90 Å². The van der Waals surface area contributed by atoms with Crippen molar-refractivity contribution in [2.45, 2.75) is 38.0 Å². The highest BCUT2D eigenvalue weighted by Crippen LogP contribution is 2.36. The molecule has 1 aromatic rings. The Labute approximate surface area is 93.9 Å². The molecule has 1 aliphatic carbocycles. The van der Waals surface area contributed by atoms with Gasteiger partial charge in [0.15, 0.2) is 6.23 Å². The molecule has 0 saturated heterocycles. The van der Waals surface area contributed by atoms with Crippen molar-refractivity contribution < 1.29 is 9.90 Å². The summed E-state index contributed by atoms with van der Waals surface area (Å²) in [7, 11) is 0. The van der Waals surface area contributed by atoms with E-state index in [1.165, 1.54) is 0 Å². The number of aliphatic hydroxyl groups is 1. The van der Waals surface area contributed by atoms with E-state index < -0.39 is 6.23 Å². The van der Waals surface area contributed by atoms with Crippen LogP contribution in [-0.2, 0) is 0 Å². The first-order valence-corrected chi connectivity index (χ1v) is 5.74. The van der Waals surface area contributed by atoms with Gasteiger partial charge in [-0.15, -0.1) is 0 Å². The zero-order valence-corrected chi connectivity index (χ0v) is 8.97. The van der Waals surface area contributed by atoms with Crippen molar-refractivity contribution in [2.75, 3.05) is 0 Å². The monoisotopic (exact) mass is 218 g/mol. The molecule has 4 heteroatoms. The number of aromatic nitrogens is 1. The fourth-order valence-corrected chi connectivity index (χ4v) is 2.74. The standard InChI is InChI=1S/C12H14N2O2/c15-11-9-6-3-7-13-10(9)12(16)14(11)8-4-1-2-5-8/h3,6-8,11,15H,1-2,4-5H2. The molecular weight excluding hydrogens is 204 g/mol. The summed E-state index contributed by atoms with van der Waals surface area (Å²) >= 11 is 0. The van der Waals surface area contributed by atoms with Crippen LogP contribution in [0.5, 0.6) is 0 Å². The van der Waals surface area contributed by atoms with Gasteiger partial charge in [0.2, 0.25) is 0 Å². The number of rotatable bonds is 1. The Hall–Kier alpha value is -1.42. The van der Waals surface area contributed by atoms with Gasteiger partial charge in [0.05, 0.1) is 0 Å². The number of hydrogen-bond acceptors (Lipinski definition) is 3. The maximum Gasteiger partial charge on any atom is 0.275 e. The Kier molecular flexibility index (Phi) is 2.17. The van der Waals surface area contributed by atoms with E-state index in [0.29, 0.717) is 11.3 Å². The van der Waals surface area contributed by atoms with Gasteiger partial charge in [0, 0.05) is 17.8 Å². The Morgan fingerprint density at radius 1 is 1.38 bits per heavy atom. The first-order valence-electron chi connectivity index (χ1n) is 5.74. The molecule has 0 spiro atoms. The molecule has 1 N–H and O–H groups in total. The lowest BCUT2D eigenvalue weighted by Crippen LogP contribution is -2.36. The van der Waals surface area contributed by atoms with Crippen molar-refractivity contribution in [3.05, 3.63) is 29.6 Å². The number of carbonyl (C=O) groups excluding carboxylic acids is 1. The first kappa shape index (κ1) is 9.78. The maximum atomic E-state index is 12.1. The molecule has 0 radical (unpaired) electrons. The van der Waals surface area contributed by atoms with Gasteiger partial charge in [-0.3, -0.25) is 9.78 Å². The molecule has 1 atom stereocenters. The smallest absolute Gasteiger partial charge is 0.275 e. The van der Waals surface area contributed by atoms with Gasteiger partial charge in [0.1, 0.15) is 5.69 Å². The third kappa shape index (κ3) is 1.26. The van der Waals surface area contributed by atoms with Crippen LogP contribution in [0.3, 0.4) is 0 Å². The van der Waals surface area contributed by atoms with E-state index in [-0.39, 0.29) is 11.9 Å². The van der Waals surface area contributed by atoms with Crippen LogP contribution >= 0.6 is 0 Å². The van der Waals surface area contributed by atoms with Gasteiger partial charge in [-0.2, -0.15) is 0 Å². The minimum Gasteiger partial charge on any atom is -0.369 e. The van der Waals surface area contributed by atoms with Crippen molar-refractivity contribution in [1.29, 1.82) is 0 Å². The molecule has 1 aromatic heterocycles. The molecule has 2 aliphatic rings. The zero-order valence-electron chi connectivity index (χ0n) is 8.97. The first-order chi connectivity index (χ1) is 7.79. The highest BCUT2D eigenvalue weighted by molar-refractivity contribution is 5.97. The van der Waals surface area contributed by atoms with Crippen molar-refractivity contribution >= 4 is 5.91 Å². The largest absolute Gasteiger partial charge is 0.369 e. The number of fused-ring (bicyclic) bond motifs is 1. The fraction of sp³-hybridized carbons (Fsp3) is 0.500. The molecule has 3 rings (SSSR count). The number of pyridine rings is 1. The molecule has 0 aromatic carbocycles. The number of nitrogens with zero attached hydrogens (tertiary/aromatic N) is 2. The summed E-state index contributed by atoms with van der Waals surface area (Å²) in [6.07, 6.45) is 5.09. The Balaban J connectivity index is 1.97. The minimum atomic E-state index is -0.792. The number of aliphatic hydroxyl groups excluding tert-OH is 1. The van der Waals surface area contributed by atoms with Crippen LogP contribution in [0.25, 0.3) is 0 Å². The predicted octanol–water partition coefficient (Wildman–Crippen LogP) is 1.47. The van der Waals surface area contributed by atoms with E-state index >= 15 is 0 Å². The molecule has 1 unspecified atom stereocenters. The summed E-state index contributed by atoms with van der Waals surface area (Å²) in [5, 5.41) is 10.1. The Bertz CT molecular complexity index is 427. The lowest BCUT2D eigenvalue weighted by molar-refractivity contribution is -0.00197. The van der Waals surface area contributed by atoms with Crippen molar-refractivity contribution in [2.24, 2.45) is 0 Å². The predicted molar refractivity (Wildman–Crippen MR) is 57.6 cm³/mol. The third-order valence-electron chi connectivity index (χ3n) is 3.54. The van der Waals surface area contributed by atoms with Crippen LogP contribution in [0.2, 0.25) is 0 Å². The molecule has 1 amide bonds. The van der Waals surface area contributed by atoms with Gasteiger partial charge in [0.25, 0.3) is 5.91 Å². The van der Waals surface area contributed by atoms with E-state index in [2.05, 4.69) is 4.98 Å². The average Bonchev–Trinajstić information content (AvgIpc) is 2.89. The number of hydrogen-bond donors (Lipinski definition) is 1. The highest BCUT2D eigenvalue weighted by atomic mass is 16.3. The summed E-state index contributed by atoms with van der Waals surface area (Å²) in [6, 6.07) is 3.73. The summed E-state index contributed by atoms with van der Waals surface area (Å²) in [5.41, 5.74) is 1.07. The van der Waals surface area contributed by atoms with Crippen molar-refractivity contribution in [1.82, 2.24) is 9.88 Å². The van der Waals surface area contributed by atoms with Crippen molar-refractivity contribution in [3.8, 4) is 0 Å². The second kappa shape index (κ2) is 3.56. The van der Waals surface area contributed by atoms with Crippen LogP contribution in [-0.4, -0.2) is 26.9 Å². The van der Waals surface area contributed by atoms with Crippen LogP contribution in [0.15, 0.2) is 18.3 Å². The molecule has 0 bridgehead atoms. The maximum absolute atomic E-state index is 12.1. The Morgan fingerprint density at radius 3 is 2.81 bits per heavy atom. The van der Waals surface area contributed by atoms with Gasteiger partial charge in [-0.05, 0) is 18.9 Å². The second-order valence-corrected chi connectivity index (χ2v) is 4.47. The van der Waals surface area contributed by atoms with E-state index in [4.69, 9.17) is 0 Å². The molecule has 1 aliphatic heterocycles. The summed E-state index contributed by atoms with van der Waals surface area (Å²) in [4.78, 5) is 17.8. The second-order valence-electron chi connectivity index (χ2n) is 4.47. The molecule has 16 heavy (non-hydrogen) atoms. The SMILES string of the molecule is O=C1c2ncccc2C(O)N1C1CCCC1. The van der Waals surface area contributed by atoms with E-state index in [0.717, 1.165) is 25.7 Å².